The minimum absolute atomic E-state index is 0.0384. The van der Waals surface area contributed by atoms with E-state index in [4.69, 9.17) is 9.15 Å². The molecule has 2 heterocycles. The maximum Gasteiger partial charge on any atom is 0.295 e. The maximum atomic E-state index is 13.0. The molecule has 1 aromatic carbocycles. The van der Waals surface area contributed by atoms with Crippen LogP contribution in [0.3, 0.4) is 0 Å². The van der Waals surface area contributed by atoms with Gasteiger partial charge in [0.1, 0.15) is 23.3 Å². The maximum absolute atomic E-state index is 13.0. The second-order valence-electron chi connectivity index (χ2n) is 7.35. The fraction of sp³-hybridized carbons (Fsp3) is 0.417. The van der Waals surface area contributed by atoms with Gasteiger partial charge in [0, 0.05) is 12.1 Å². The quantitative estimate of drug-likeness (QED) is 0.353. The molecule has 0 radical (unpaired) electrons. The van der Waals surface area contributed by atoms with E-state index in [2.05, 4.69) is 18.7 Å². The standard InChI is InChI=1S/C24H30N2O5/c1-4-25(5-2)13-9-14-26-21(19-12-8-15-31-19)20(23(28)24(26)29)22(27)17-10-7-11-18(16-17)30-6-3/h7-8,10-12,15-16,21,27H,4-6,9,13-14H2,1-3H3. The van der Waals surface area contributed by atoms with Crippen molar-refractivity contribution in [3.63, 3.8) is 0 Å². The number of ether oxygens (including phenoxy) is 1. The van der Waals surface area contributed by atoms with Crippen LogP contribution < -0.4 is 4.74 Å². The summed E-state index contributed by atoms with van der Waals surface area (Å²) in [5.41, 5.74) is 0.458. The molecule has 2 aromatic rings. The highest BCUT2D eigenvalue weighted by molar-refractivity contribution is 6.46. The van der Waals surface area contributed by atoms with Gasteiger partial charge in [-0.05, 0) is 57.2 Å². The SMILES string of the molecule is CCOc1cccc(C(O)=C2C(=O)C(=O)N(CCCN(CC)CC)C2c2ccco2)c1. The van der Waals surface area contributed by atoms with Crippen LogP contribution in [0.25, 0.3) is 5.76 Å². The van der Waals surface area contributed by atoms with Gasteiger partial charge in [-0.15, -0.1) is 0 Å². The van der Waals surface area contributed by atoms with Gasteiger partial charge in [0.25, 0.3) is 11.7 Å². The van der Waals surface area contributed by atoms with Crippen molar-refractivity contribution in [3.05, 3.63) is 59.6 Å². The van der Waals surface area contributed by atoms with Crippen LogP contribution in [0, 0.1) is 0 Å². The van der Waals surface area contributed by atoms with Gasteiger partial charge < -0.3 is 24.1 Å². The molecule has 0 aliphatic carbocycles. The number of aliphatic hydroxyl groups excluding tert-OH is 1. The fourth-order valence-electron chi connectivity index (χ4n) is 3.91. The van der Waals surface area contributed by atoms with Crippen molar-refractivity contribution in [3.8, 4) is 5.75 Å². The van der Waals surface area contributed by atoms with Gasteiger partial charge >= 0.3 is 0 Å². The minimum Gasteiger partial charge on any atom is -0.507 e. The summed E-state index contributed by atoms with van der Waals surface area (Å²) in [7, 11) is 0. The van der Waals surface area contributed by atoms with E-state index in [1.807, 2.05) is 6.92 Å². The van der Waals surface area contributed by atoms with Crippen LogP contribution in [-0.4, -0.2) is 59.4 Å². The number of ketones is 1. The van der Waals surface area contributed by atoms with E-state index >= 15 is 0 Å². The molecule has 1 aromatic heterocycles. The van der Waals surface area contributed by atoms with E-state index < -0.39 is 17.7 Å². The zero-order valence-corrected chi connectivity index (χ0v) is 18.3. The molecule has 7 nitrogen and oxygen atoms in total. The third-order valence-corrected chi connectivity index (χ3v) is 5.54. The Hall–Kier alpha value is -3.06. The molecule has 0 spiro atoms. The summed E-state index contributed by atoms with van der Waals surface area (Å²) in [6, 6.07) is 9.52. The molecule has 1 aliphatic rings. The molecule has 1 aliphatic heterocycles. The molecular formula is C24H30N2O5. The van der Waals surface area contributed by atoms with Crippen LogP contribution >= 0.6 is 0 Å². The second kappa shape index (κ2) is 10.3. The number of hydrogen-bond acceptors (Lipinski definition) is 6. The van der Waals surface area contributed by atoms with Gasteiger partial charge in [-0.25, -0.2) is 0 Å². The highest BCUT2D eigenvalue weighted by atomic mass is 16.5. The van der Waals surface area contributed by atoms with Crippen LogP contribution in [-0.2, 0) is 9.59 Å². The number of hydrogen-bond donors (Lipinski definition) is 1. The van der Waals surface area contributed by atoms with Crippen molar-refractivity contribution in [2.75, 3.05) is 32.8 Å². The normalized spacial score (nSPS) is 18.2. The second-order valence-corrected chi connectivity index (χ2v) is 7.35. The van der Waals surface area contributed by atoms with Gasteiger partial charge in [0.15, 0.2) is 0 Å². The zero-order valence-electron chi connectivity index (χ0n) is 18.3. The number of Topliss-reactive ketones (excluding diaryl/α,β-unsaturated/α-hetero) is 1. The molecule has 0 saturated carbocycles. The Morgan fingerprint density at radius 2 is 1.94 bits per heavy atom. The first-order valence-corrected chi connectivity index (χ1v) is 10.8. The van der Waals surface area contributed by atoms with E-state index in [9.17, 15) is 14.7 Å². The summed E-state index contributed by atoms with van der Waals surface area (Å²) >= 11 is 0. The molecule has 1 atom stereocenters. The molecule has 0 bridgehead atoms. The lowest BCUT2D eigenvalue weighted by atomic mass is 9.99. The van der Waals surface area contributed by atoms with Crippen LogP contribution in [0.4, 0.5) is 0 Å². The number of carbonyl (C=O) groups excluding carboxylic acids is 2. The lowest BCUT2D eigenvalue weighted by Crippen LogP contribution is -2.33. The van der Waals surface area contributed by atoms with Gasteiger partial charge in [-0.2, -0.15) is 0 Å². The topological polar surface area (TPSA) is 83.2 Å². The lowest BCUT2D eigenvalue weighted by molar-refractivity contribution is -0.140. The first-order valence-electron chi connectivity index (χ1n) is 10.8. The van der Waals surface area contributed by atoms with E-state index in [1.165, 1.54) is 11.2 Å². The van der Waals surface area contributed by atoms with Gasteiger partial charge in [0.2, 0.25) is 0 Å². The molecule has 3 rings (SSSR count). The van der Waals surface area contributed by atoms with Gasteiger partial charge in [0.05, 0.1) is 18.4 Å². The van der Waals surface area contributed by atoms with E-state index in [0.717, 1.165) is 19.6 Å². The molecule has 1 fully saturated rings. The number of likely N-dealkylation sites (tertiary alicyclic amines) is 1. The zero-order chi connectivity index (χ0) is 22.4. The van der Waals surface area contributed by atoms with Gasteiger partial charge in [-0.3, -0.25) is 9.59 Å². The Kier molecular flexibility index (Phi) is 7.52. The van der Waals surface area contributed by atoms with Crippen molar-refractivity contribution in [2.45, 2.75) is 33.2 Å². The Balaban J connectivity index is 1.97. The Bertz CT molecular complexity index is 931. The number of aliphatic hydroxyl groups is 1. The van der Waals surface area contributed by atoms with E-state index in [0.29, 0.717) is 36.6 Å². The number of rotatable bonds is 10. The molecule has 7 heteroatoms. The summed E-state index contributed by atoms with van der Waals surface area (Å²) in [5.74, 6) is -0.529. The van der Waals surface area contributed by atoms with Crippen LogP contribution in [0.1, 0.15) is 44.6 Å². The highest BCUT2D eigenvalue weighted by Gasteiger charge is 2.47. The van der Waals surface area contributed by atoms with Crippen molar-refractivity contribution in [1.82, 2.24) is 9.80 Å². The molecule has 31 heavy (non-hydrogen) atoms. The van der Waals surface area contributed by atoms with E-state index in [-0.39, 0.29) is 11.3 Å². The van der Waals surface area contributed by atoms with Crippen LogP contribution in [0.15, 0.2) is 52.7 Å². The Labute approximate surface area is 182 Å². The molecule has 166 valence electrons. The number of carbonyl (C=O) groups is 2. The van der Waals surface area contributed by atoms with Crippen molar-refractivity contribution in [2.24, 2.45) is 0 Å². The number of nitrogens with zero attached hydrogens (tertiary/aromatic N) is 2. The third-order valence-electron chi connectivity index (χ3n) is 5.54. The molecule has 1 saturated heterocycles. The van der Waals surface area contributed by atoms with Crippen LogP contribution in [0.2, 0.25) is 0 Å². The average Bonchev–Trinajstić information content (AvgIpc) is 3.39. The monoisotopic (exact) mass is 426 g/mol. The minimum atomic E-state index is -0.762. The first kappa shape index (κ1) is 22.6. The summed E-state index contributed by atoms with van der Waals surface area (Å²) in [6.45, 7) is 9.59. The highest BCUT2D eigenvalue weighted by Crippen LogP contribution is 2.39. The number of benzene rings is 1. The van der Waals surface area contributed by atoms with Crippen molar-refractivity contribution in [1.29, 1.82) is 0 Å². The summed E-state index contributed by atoms with van der Waals surface area (Å²) in [4.78, 5) is 29.6. The summed E-state index contributed by atoms with van der Waals surface area (Å²) in [6.07, 6.45) is 2.22. The largest absolute Gasteiger partial charge is 0.507 e. The predicted octanol–water partition coefficient (Wildman–Crippen LogP) is 3.83. The van der Waals surface area contributed by atoms with Crippen molar-refractivity contribution < 1.29 is 23.8 Å². The number of furan rings is 1. The third kappa shape index (κ3) is 4.82. The average molecular weight is 427 g/mol. The van der Waals surface area contributed by atoms with Gasteiger partial charge in [-0.1, -0.05) is 26.0 Å². The first-order chi connectivity index (χ1) is 15.0. The summed E-state index contributed by atoms with van der Waals surface area (Å²) < 4.78 is 11.1. The molecule has 1 amide bonds. The lowest BCUT2D eigenvalue weighted by Gasteiger charge is -2.25. The van der Waals surface area contributed by atoms with Crippen molar-refractivity contribution >= 4 is 17.4 Å². The number of amides is 1. The van der Waals surface area contributed by atoms with Crippen LogP contribution in [0.5, 0.6) is 5.75 Å². The van der Waals surface area contributed by atoms with E-state index in [1.54, 1.807) is 36.4 Å². The Morgan fingerprint density at radius 3 is 2.58 bits per heavy atom. The fourth-order valence-corrected chi connectivity index (χ4v) is 3.91. The molecule has 1 N–H and O–H groups in total. The summed E-state index contributed by atoms with van der Waals surface area (Å²) in [5, 5.41) is 11.1. The molecule has 1 unspecified atom stereocenters. The smallest absolute Gasteiger partial charge is 0.295 e. The predicted molar refractivity (Wildman–Crippen MR) is 118 cm³/mol. The molecular weight excluding hydrogens is 396 g/mol. The Morgan fingerprint density at radius 1 is 1.16 bits per heavy atom.